The van der Waals surface area contributed by atoms with E-state index in [-0.39, 0.29) is 23.4 Å². The molecule has 2 fully saturated rings. The Hall–Kier alpha value is -3.24. The molecule has 2 aromatic rings. The molecule has 8 N–H and O–H groups in total. The first-order valence-corrected chi connectivity index (χ1v) is 14.5. The van der Waals surface area contributed by atoms with Crippen molar-refractivity contribution in [2.24, 2.45) is 11.1 Å². The number of aromatic nitrogens is 4. The molecule has 0 aromatic carbocycles. The van der Waals surface area contributed by atoms with E-state index in [9.17, 15) is 28.2 Å². The molecule has 13 nitrogen and oxygen atoms in total. The Labute approximate surface area is 247 Å². The Kier molecular flexibility index (Phi) is 11.2. The van der Waals surface area contributed by atoms with E-state index in [1.54, 1.807) is 17.8 Å². The second-order valence-electron chi connectivity index (χ2n) is 12.3. The van der Waals surface area contributed by atoms with E-state index in [0.717, 1.165) is 38.6 Å². The lowest BCUT2D eigenvalue weighted by molar-refractivity contribution is -0.192. The third-order valence-electron chi connectivity index (χ3n) is 7.61. The molecule has 43 heavy (non-hydrogen) atoms. The SMILES string of the molecule is CCC(=O)N[C@H]1C[C@@H](n2cnc3c(NCCC(C)(C)C)nc(NC4CCC(N)CC4)nc32)[C@H](O)[C@@H]1O.O=C(O)C(F)(F)F. The number of carboxylic acids is 1. The van der Waals surface area contributed by atoms with Crippen LogP contribution >= 0.6 is 0 Å². The largest absolute Gasteiger partial charge is 0.490 e. The Morgan fingerprint density at radius 2 is 1.72 bits per heavy atom. The zero-order valence-corrected chi connectivity index (χ0v) is 24.9. The van der Waals surface area contributed by atoms with Crippen molar-refractivity contribution < 1.29 is 38.1 Å². The molecular formula is C27H43F3N8O5. The Morgan fingerprint density at radius 3 is 2.28 bits per heavy atom. The van der Waals surface area contributed by atoms with Crippen LogP contribution in [0.5, 0.6) is 0 Å². The summed E-state index contributed by atoms with van der Waals surface area (Å²) in [5.74, 6) is -1.77. The van der Waals surface area contributed by atoms with Crippen LogP contribution in [0.4, 0.5) is 24.9 Å². The molecule has 2 aromatic heterocycles. The summed E-state index contributed by atoms with van der Waals surface area (Å²) in [4.78, 5) is 35.0. The van der Waals surface area contributed by atoms with Crippen molar-refractivity contribution in [1.82, 2.24) is 24.8 Å². The van der Waals surface area contributed by atoms with Crippen LogP contribution in [0.1, 0.15) is 78.7 Å². The van der Waals surface area contributed by atoms with E-state index >= 15 is 0 Å². The highest BCUT2D eigenvalue weighted by atomic mass is 19.4. The van der Waals surface area contributed by atoms with Gasteiger partial charge in [-0.1, -0.05) is 27.7 Å². The summed E-state index contributed by atoms with van der Waals surface area (Å²) in [6.07, 6.45) is -0.0858. The number of nitrogens with two attached hydrogens (primary N) is 1. The van der Waals surface area contributed by atoms with Crippen molar-refractivity contribution in [3.05, 3.63) is 6.33 Å². The van der Waals surface area contributed by atoms with Gasteiger partial charge in [0.25, 0.3) is 0 Å². The number of amides is 1. The fraction of sp³-hybridized carbons (Fsp3) is 0.741. The predicted octanol–water partition coefficient (Wildman–Crippen LogP) is 2.55. The average Bonchev–Trinajstić information content (AvgIpc) is 3.45. The number of fused-ring (bicyclic) bond motifs is 1. The van der Waals surface area contributed by atoms with Gasteiger partial charge in [-0.15, -0.1) is 0 Å². The molecule has 0 saturated heterocycles. The van der Waals surface area contributed by atoms with Gasteiger partial charge in [0.05, 0.1) is 18.4 Å². The molecule has 1 amide bonds. The Morgan fingerprint density at radius 1 is 1.09 bits per heavy atom. The summed E-state index contributed by atoms with van der Waals surface area (Å²) >= 11 is 0. The highest BCUT2D eigenvalue weighted by Gasteiger charge is 2.44. The first-order chi connectivity index (χ1) is 20.0. The molecule has 0 aliphatic heterocycles. The van der Waals surface area contributed by atoms with Gasteiger partial charge < -0.3 is 41.6 Å². The number of carbonyl (C=O) groups excluding carboxylic acids is 1. The van der Waals surface area contributed by atoms with Gasteiger partial charge in [0.1, 0.15) is 12.2 Å². The number of imidazole rings is 1. The zero-order chi connectivity index (χ0) is 32.1. The minimum Gasteiger partial charge on any atom is -0.475 e. The molecule has 2 aliphatic carbocycles. The van der Waals surface area contributed by atoms with Gasteiger partial charge >= 0.3 is 12.1 Å². The normalized spacial score (nSPS) is 26.0. The number of rotatable bonds is 8. The van der Waals surface area contributed by atoms with E-state index in [0.29, 0.717) is 35.8 Å². The number of anilines is 2. The van der Waals surface area contributed by atoms with Crippen molar-refractivity contribution in [2.75, 3.05) is 17.2 Å². The predicted molar refractivity (Wildman–Crippen MR) is 153 cm³/mol. The van der Waals surface area contributed by atoms with Crippen molar-refractivity contribution in [1.29, 1.82) is 0 Å². The van der Waals surface area contributed by atoms with Crippen LogP contribution < -0.4 is 21.7 Å². The smallest absolute Gasteiger partial charge is 0.475 e. The monoisotopic (exact) mass is 616 g/mol. The summed E-state index contributed by atoms with van der Waals surface area (Å²) in [5, 5.41) is 38.3. The summed E-state index contributed by atoms with van der Waals surface area (Å²) in [7, 11) is 0. The number of alkyl halides is 3. The number of carboxylic acid groups (broad SMARTS) is 1. The van der Waals surface area contributed by atoms with E-state index in [4.69, 9.17) is 25.6 Å². The Balaban J connectivity index is 0.000000646. The van der Waals surface area contributed by atoms with E-state index in [1.807, 2.05) is 0 Å². The second kappa shape index (κ2) is 14.0. The number of halogens is 3. The summed E-state index contributed by atoms with van der Waals surface area (Å²) in [5.41, 5.74) is 7.44. The van der Waals surface area contributed by atoms with E-state index < -0.39 is 36.4 Å². The average molecular weight is 617 g/mol. The van der Waals surface area contributed by atoms with Crippen LogP contribution in [0.15, 0.2) is 6.33 Å². The molecule has 4 rings (SSSR count). The molecule has 0 bridgehead atoms. The van der Waals surface area contributed by atoms with Gasteiger partial charge in [0, 0.05) is 25.0 Å². The van der Waals surface area contributed by atoms with Crippen molar-refractivity contribution in [2.45, 2.75) is 115 Å². The molecular weight excluding hydrogens is 573 g/mol. The lowest BCUT2D eigenvalue weighted by atomic mass is 9.92. The third kappa shape index (κ3) is 9.37. The summed E-state index contributed by atoms with van der Waals surface area (Å²) < 4.78 is 33.5. The van der Waals surface area contributed by atoms with Gasteiger partial charge in [0.2, 0.25) is 11.9 Å². The quantitative estimate of drug-likeness (QED) is 0.230. The highest BCUT2D eigenvalue weighted by Crippen LogP contribution is 2.35. The minimum atomic E-state index is -5.08. The number of aliphatic carboxylic acids is 1. The molecule has 2 aliphatic rings. The molecule has 242 valence electrons. The number of nitrogens with zero attached hydrogens (tertiary/aromatic N) is 4. The molecule has 0 unspecified atom stereocenters. The molecule has 4 atom stereocenters. The van der Waals surface area contributed by atoms with Crippen molar-refractivity contribution in [3.63, 3.8) is 0 Å². The molecule has 0 spiro atoms. The first-order valence-electron chi connectivity index (χ1n) is 14.5. The van der Waals surface area contributed by atoms with Crippen LogP contribution in [0, 0.1) is 5.41 Å². The summed E-state index contributed by atoms with van der Waals surface area (Å²) in [6, 6.07) is -0.525. The zero-order valence-electron chi connectivity index (χ0n) is 24.9. The number of aliphatic hydroxyl groups is 2. The van der Waals surface area contributed by atoms with Gasteiger partial charge in [-0.2, -0.15) is 23.1 Å². The molecule has 16 heteroatoms. The minimum absolute atomic E-state index is 0.159. The maximum atomic E-state index is 11.9. The van der Waals surface area contributed by atoms with Crippen LogP contribution in [0.2, 0.25) is 0 Å². The van der Waals surface area contributed by atoms with Crippen LogP contribution in [0.25, 0.3) is 11.2 Å². The van der Waals surface area contributed by atoms with E-state index in [1.165, 1.54) is 0 Å². The first kappa shape index (κ1) is 34.3. The van der Waals surface area contributed by atoms with Crippen LogP contribution in [0.3, 0.4) is 0 Å². The third-order valence-corrected chi connectivity index (χ3v) is 7.61. The van der Waals surface area contributed by atoms with Gasteiger partial charge in [-0.05, 0) is 43.9 Å². The Bertz CT molecular complexity index is 1240. The van der Waals surface area contributed by atoms with Crippen LogP contribution in [-0.2, 0) is 9.59 Å². The number of hydrogen-bond acceptors (Lipinski definition) is 10. The number of carbonyl (C=O) groups is 2. The number of hydrogen-bond donors (Lipinski definition) is 7. The topological polar surface area (TPSA) is 201 Å². The number of nitrogens with one attached hydrogen (secondary N) is 3. The van der Waals surface area contributed by atoms with Crippen molar-refractivity contribution in [3.8, 4) is 0 Å². The van der Waals surface area contributed by atoms with Crippen LogP contribution in [-0.4, -0.2) is 89.8 Å². The fourth-order valence-corrected chi connectivity index (χ4v) is 5.08. The summed E-state index contributed by atoms with van der Waals surface area (Å²) in [6.45, 7) is 9.07. The maximum absolute atomic E-state index is 11.9. The standard InChI is InChI=1S/C25H42N8O3.C2HF3O2/c1-5-18(34)30-16-12-17(21(36)20(16)35)33-13-28-19-22(27-11-10-25(2,3)4)31-24(32-23(19)33)29-15-8-6-14(26)7-9-15;3-2(4,5)1(6)7/h13-17,20-21,35-36H,5-12,26H2,1-4H3,(H,30,34)(H2,27,29,31,32);(H,6,7)/t14?,15?,16-,17+,20+,21-;/m0./s1. The molecule has 0 radical (unpaired) electrons. The molecule has 2 heterocycles. The van der Waals surface area contributed by atoms with E-state index in [2.05, 4.69) is 41.7 Å². The second-order valence-corrected chi connectivity index (χ2v) is 12.3. The number of aliphatic hydroxyl groups excluding tert-OH is 2. The van der Waals surface area contributed by atoms with Gasteiger partial charge in [0.15, 0.2) is 17.0 Å². The highest BCUT2D eigenvalue weighted by molar-refractivity contribution is 5.84. The van der Waals surface area contributed by atoms with Crippen molar-refractivity contribution >= 4 is 34.8 Å². The van der Waals surface area contributed by atoms with Gasteiger partial charge in [-0.25, -0.2) is 9.78 Å². The lowest BCUT2D eigenvalue weighted by Gasteiger charge is -2.27. The fourth-order valence-electron chi connectivity index (χ4n) is 5.08. The maximum Gasteiger partial charge on any atom is 0.490 e. The molecule has 2 saturated carbocycles. The van der Waals surface area contributed by atoms with Gasteiger partial charge in [-0.3, -0.25) is 4.79 Å². The lowest BCUT2D eigenvalue weighted by Crippen LogP contribution is -2.42.